The summed E-state index contributed by atoms with van der Waals surface area (Å²) in [4.78, 5) is 23.6. The first-order valence-electron chi connectivity index (χ1n) is 4.97. The zero-order valence-electron chi connectivity index (χ0n) is 8.64. The van der Waals surface area contributed by atoms with Crippen molar-refractivity contribution >= 4 is 11.9 Å². The molecule has 6 heteroatoms. The molecule has 2 atom stereocenters. The van der Waals surface area contributed by atoms with Crippen LogP contribution in [0.1, 0.15) is 13.3 Å². The third kappa shape index (κ3) is 2.90. The Bertz CT molecular complexity index is 256. The average Bonchev–Trinajstić information content (AvgIpc) is 2.57. The molecule has 1 amide bonds. The number of carbonyl (C=O) groups is 2. The largest absolute Gasteiger partial charge is 0.480 e. The van der Waals surface area contributed by atoms with Crippen molar-refractivity contribution in [1.82, 2.24) is 10.2 Å². The zero-order chi connectivity index (χ0) is 11.4. The molecule has 3 N–H and O–H groups in total. The summed E-state index contributed by atoms with van der Waals surface area (Å²) in [6, 6.07) is -0.883. The van der Waals surface area contributed by atoms with Crippen molar-refractivity contribution in [2.75, 3.05) is 19.6 Å². The summed E-state index contributed by atoms with van der Waals surface area (Å²) in [7, 11) is 0. The molecule has 0 bridgehead atoms. The summed E-state index contributed by atoms with van der Waals surface area (Å²) in [5.74, 6) is -1.34. The van der Waals surface area contributed by atoms with Gasteiger partial charge in [0.25, 0.3) is 0 Å². The fourth-order valence-electron chi connectivity index (χ4n) is 1.66. The molecule has 0 aromatic heterocycles. The Morgan fingerprint density at radius 3 is 2.73 bits per heavy atom. The maximum atomic E-state index is 11.6. The number of likely N-dealkylation sites (tertiary alicyclic amines) is 1. The summed E-state index contributed by atoms with van der Waals surface area (Å²) < 4.78 is 0. The molecular weight excluding hydrogens is 200 g/mol. The molecule has 1 saturated heterocycles. The number of rotatable bonds is 4. The molecule has 0 unspecified atom stereocenters. The molecule has 1 aliphatic heterocycles. The smallest absolute Gasteiger partial charge is 0.326 e. The summed E-state index contributed by atoms with van der Waals surface area (Å²) in [5.41, 5.74) is 0. The standard InChI is InChI=1S/C9H16N2O4/c1-2-10-4-8(13)11-5-6(12)3-7(11)9(14)15/h6-7,10,12H,2-5H2,1H3,(H,14,15)/t6-,7-/m1/s1. The second-order valence-corrected chi connectivity index (χ2v) is 3.57. The van der Waals surface area contributed by atoms with Gasteiger partial charge in [-0.25, -0.2) is 4.79 Å². The SMILES string of the molecule is CCNCC(=O)N1C[C@H](O)C[C@@H]1C(=O)O. The van der Waals surface area contributed by atoms with Crippen molar-refractivity contribution in [1.29, 1.82) is 0 Å². The second kappa shape index (κ2) is 5.09. The van der Waals surface area contributed by atoms with E-state index in [1.54, 1.807) is 0 Å². The van der Waals surface area contributed by atoms with Crippen LogP contribution >= 0.6 is 0 Å². The fraction of sp³-hybridized carbons (Fsp3) is 0.778. The van der Waals surface area contributed by atoms with E-state index in [-0.39, 0.29) is 25.4 Å². The molecule has 1 fully saturated rings. The van der Waals surface area contributed by atoms with Crippen LogP contribution in [0.15, 0.2) is 0 Å². The first-order chi connectivity index (χ1) is 7.06. The van der Waals surface area contributed by atoms with Gasteiger partial charge in [0.15, 0.2) is 0 Å². The van der Waals surface area contributed by atoms with E-state index in [2.05, 4.69) is 5.32 Å². The van der Waals surface area contributed by atoms with Gasteiger partial charge in [0.05, 0.1) is 12.6 Å². The van der Waals surface area contributed by atoms with Crippen LogP contribution in [-0.4, -0.2) is 58.8 Å². The number of carboxylic acids is 1. The third-order valence-corrected chi connectivity index (χ3v) is 2.41. The van der Waals surface area contributed by atoms with Crippen LogP contribution in [0.5, 0.6) is 0 Å². The zero-order valence-corrected chi connectivity index (χ0v) is 8.64. The van der Waals surface area contributed by atoms with E-state index in [4.69, 9.17) is 5.11 Å². The quantitative estimate of drug-likeness (QED) is 0.540. The van der Waals surface area contributed by atoms with Crippen LogP contribution in [0, 0.1) is 0 Å². The number of aliphatic hydroxyl groups is 1. The minimum atomic E-state index is -1.06. The Balaban J connectivity index is 2.58. The number of carboxylic acid groups (broad SMARTS) is 1. The first kappa shape index (κ1) is 11.9. The molecule has 0 aromatic carbocycles. The van der Waals surface area contributed by atoms with Crippen LogP contribution in [0.3, 0.4) is 0 Å². The van der Waals surface area contributed by atoms with Crippen LogP contribution < -0.4 is 5.32 Å². The number of likely N-dealkylation sites (N-methyl/N-ethyl adjacent to an activating group) is 1. The summed E-state index contributed by atoms with van der Waals surface area (Å²) in [6.07, 6.45) is -0.607. The normalized spacial score (nSPS) is 25.6. The highest BCUT2D eigenvalue weighted by Crippen LogP contribution is 2.17. The molecule has 0 aliphatic carbocycles. The monoisotopic (exact) mass is 216 g/mol. The number of carbonyl (C=O) groups excluding carboxylic acids is 1. The number of nitrogens with one attached hydrogen (secondary N) is 1. The van der Waals surface area contributed by atoms with Crippen molar-refractivity contribution in [2.24, 2.45) is 0 Å². The molecule has 0 radical (unpaired) electrons. The number of hydrogen-bond acceptors (Lipinski definition) is 4. The van der Waals surface area contributed by atoms with Gasteiger partial charge in [0.1, 0.15) is 6.04 Å². The Morgan fingerprint density at radius 2 is 2.20 bits per heavy atom. The minimum Gasteiger partial charge on any atom is -0.480 e. The highest BCUT2D eigenvalue weighted by molar-refractivity contribution is 5.85. The second-order valence-electron chi connectivity index (χ2n) is 3.57. The van der Waals surface area contributed by atoms with Crippen molar-refractivity contribution < 1.29 is 19.8 Å². The van der Waals surface area contributed by atoms with Gasteiger partial charge < -0.3 is 20.4 Å². The minimum absolute atomic E-state index is 0.112. The van der Waals surface area contributed by atoms with Crippen molar-refractivity contribution in [3.8, 4) is 0 Å². The lowest BCUT2D eigenvalue weighted by Crippen LogP contribution is -2.44. The number of amides is 1. The Hall–Kier alpha value is -1.14. The van der Waals surface area contributed by atoms with E-state index >= 15 is 0 Å². The van der Waals surface area contributed by atoms with Gasteiger partial charge in [-0.05, 0) is 6.54 Å². The molecule has 0 aromatic rings. The first-order valence-corrected chi connectivity index (χ1v) is 4.97. The molecule has 0 spiro atoms. The number of hydrogen-bond donors (Lipinski definition) is 3. The number of aliphatic carboxylic acids is 1. The molecule has 1 heterocycles. The Kier molecular flexibility index (Phi) is 4.05. The highest BCUT2D eigenvalue weighted by Gasteiger charge is 2.38. The average molecular weight is 216 g/mol. The summed E-state index contributed by atoms with van der Waals surface area (Å²) in [5, 5.41) is 21.0. The van der Waals surface area contributed by atoms with E-state index in [9.17, 15) is 14.7 Å². The number of β-amino-alcohol motifs (C(OH)–C–C–N with tert-alkyl or cyclic N) is 1. The van der Waals surface area contributed by atoms with Gasteiger partial charge in [-0.1, -0.05) is 6.92 Å². The van der Waals surface area contributed by atoms with E-state index in [1.807, 2.05) is 6.92 Å². The van der Waals surface area contributed by atoms with E-state index in [1.165, 1.54) is 4.90 Å². The van der Waals surface area contributed by atoms with Gasteiger partial charge in [-0.15, -0.1) is 0 Å². The predicted molar refractivity (Wildman–Crippen MR) is 52.3 cm³/mol. The van der Waals surface area contributed by atoms with E-state index in [0.717, 1.165) is 0 Å². The van der Waals surface area contributed by atoms with Gasteiger partial charge in [0, 0.05) is 13.0 Å². The van der Waals surface area contributed by atoms with Crippen LogP contribution in [-0.2, 0) is 9.59 Å². The maximum absolute atomic E-state index is 11.6. The van der Waals surface area contributed by atoms with Gasteiger partial charge in [-0.2, -0.15) is 0 Å². The molecule has 0 saturated carbocycles. The van der Waals surface area contributed by atoms with Crippen molar-refractivity contribution in [2.45, 2.75) is 25.5 Å². The lowest BCUT2D eigenvalue weighted by Gasteiger charge is -2.21. The number of nitrogens with zero attached hydrogens (tertiary/aromatic N) is 1. The van der Waals surface area contributed by atoms with Gasteiger partial charge >= 0.3 is 5.97 Å². The fourth-order valence-corrected chi connectivity index (χ4v) is 1.66. The van der Waals surface area contributed by atoms with Crippen LogP contribution in [0.4, 0.5) is 0 Å². The van der Waals surface area contributed by atoms with Gasteiger partial charge in [0.2, 0.25) is 5.91 Å². The molecule has 1 rings (SSSR count). The van der Waals surface area contributed by atoms with Crippen LogP contribution in [0.25, 0.3) is 0 Å². The lowest BCUT2D eigenvalue weighted by atomic mass is 10.2. The number of aliphatic hydroxyl groups excluding tert-OH is 1. The predicted octanol–water partition coefficient (Wildman–Crippen LogP) is -1.36. The van der Waals surface area contributed by atoms with E-state index < -0.39 is 18.1 Å². The summed E-state index contributed by atoms with van der Waals surface area (Å²) >= 11 is 0. The topological polar surface area (TPSA) is 89.9 Å². The Labute approximate surface area is 87.9 Å². The van der Waals surface area contributed by atoms with E-state index in [0.29, 0.717) is 6.54 Å². The lowest BCUT2D eigenvalue weighted by molar-refractivity contribution is -0.147. The molecular formula is C9H16N2O4. The summed E-state index contributed by atoms with van der Waals surface area (Å²) in [6.45, 7) is 2.74. The van der Waals surface area contributed by atoms with Crippen LogP contribution in [0.2, 0.25) is 0 Å². The molecule has 6 nitrogen and oxygen atoms in total. The van der Waals surface area contributed by atoms with Crippen molar-refractivity contribution in [3.63, 3.8) is 0 Å². The van der Waals surface area contributed by atoms with Crippen molar-refractivity contribution in [3.05, 3.63) is 0 Å². The highest BCUT2D eigenvalue weighted by atomic mass is 16.4. The molecule has 86 valence electrons. The molecule has 1 aliphatic rings. The Morgan fingerprint density at radius 1 is 1.53 bits per heavy atom. The molecule has 15 heavy (non-hydrogen) atoms. The van der Waals surface area contributed by atoms with Gasteiger partial charge in [-0.3, -0.25) is 4.79 Å². The third-order valence-electron chi connectivity index (χ3n) is 2.41. The maximum Gasteiger partial charge on any atom is 0.326 e.